The Labute approximate surface area is 189 Å². The molecule has 0 spiro atoms. The standard InChI is InChI=1S/C24H31BN2O5/c1-7-21(24(4,5)6)27(23(30)19-11-15(2)10-16(3)12-19)26-22(29)17-8-9-18(14-28)20(13-17)25(31)32/h8-14,21,31-32H,7H2,1-6H3,(H,26,29)/t21-/m1/s1. The molecule has 0 aromatic heterocycles. The summed E-state index contributed by atoms with van der Waals surface area (Å²) in [6.07, 6.45) is 1.09. The van der Waals surface area contributed by atoms with E-state index in [-0.39, 0.29) is 34.0 Å². The molecule has 0 unspecified atom stereocenters. The van der Waals surface area contributed by atoms with Crippen LogP contribution in [0.1, 0.15) is 76.3 Å². The predicted molar refractivity (Wildman–Crippen MR) is 125 cm³/mol. The highest BCUT2D eigenvalue weighted by Gasteiger charge is 2.34. The first-order valence-electron chi connectivity index (χ1n) is 10.6. The Morgan fingerprint density at radius 1 is 1.06 bits per heavy atom. The van der Waals surface area contributed by atoms with E-state index in [1.807, 2.05) is 47.6 Å². The summed E-state index contributed by atoms with van der Waals surface area (Å²) in [5.74, 6) is -0.927. The molecule has 8 heteroatoms. The molecule has 32 heavy (non-hydrogen) atoms. The van der Waals surface area contributed by atoms with Gasteiger partial charge in [-0.05, 0) is 55.4 Å². The summed E-state index contributed by atoms with van der Waals surface area (Å²) < 4.78 is 0. The van der Waals surface area contributed by atoms with E-state index in [0.717, 1.165) is 11.1 Å². The zero-order valence-electron chi connectivity index (χ0n) is 19.5. The highest BCUT2D eigenvalue weighted by Crippen LogP contribution is 2.27. The molecule has 0 aliphatic heterocycles. The van der Waals surface area contributed by atoms with Crippen LogP contribution in [0.4, 0.5) is 0 Å². The average molecular weight is 438 g/mol. The van der Waals surface area contributed by atoms with Crippen LogP contribution in [0, 0.1) is 19.3 Å². The van der Waals surface area contributed by atoms with Gasteiger partial charge in [0.15, 0.2) is 0 Å². The van der Waals surface area contributed by atoms with E-state index in [0.29, 0.717) is 18.3 Å². The molecule has 1 atom stereocenters. The van der Waals surface area contributed by atoms with Gasteiger partial charge in [-0.1, -0.05) is 51.0 Å². The van der Waals surface area contributed by atoms with Crippen molar-refractivity contribution < 1.29 is 24.4 Å². The second kappa shape index (κ2) is 10.1. The normalized spacial score (nSPS) is 12.1. The summed E-state index contributed by atoms with van der Waals surface area (Å²) in [7, 11) is -1.91. The van der Waals surface area contributed by atoms with Crippen LogP contribution >= 0.6 is 0 Å². The molecule has 2 aromatic carbocycles. The molecular formula is C24H31BN2O5. The van der Waals surface area contributed by atoms with Crippen molar-refractivity contribution in [2.75, 3.05) is 0 Å². The van der Waals surface area contributed by atoms with Crippen LogP contribution in [0.15, 0.2) is 36.4 Å². The van der Waals surface area contributed by atoms with Gasteiger partial charge < -0.3 is 10.0 Å². The van der Waals surface area contributed by atoms with Gasteiger partial charge in [-0.2, -0.15) is 0 Å². The lowest BCUT2D eigenvalue weighted by atomic mass is 9.76. The monoisotopic (exact) mass is 438 g/mol. The Balaban J connectivity index is 2.49. The van der Waals surface area contributed by atoms with Crippen molar-refractivity contribution in [3.05, 3.63) is 64.2 Å². The zero-order chi connectivity index (χ0) is 24.2. The van der Waals surface area contributed by atoms with Crippen molar-refractivity contribution in [1.29, 1.82) is 0 Å². The van der Waals surface area contributed by atoms with Gasteiger partial charge in [0.2, 0.25) is 0 Å². The maximum absolute atomic E-state index is 13.5. The lowest BCUT2D eigenvalue weighted by Crippen LogP contribution is -2.56. The number of aldehydes is 1. The van der Waals surface area contributed by atoms with Crippen molar-refractivity contribution in [2.45, 2.75) is 54.0 Å². The van der Waals surface area contributed by atoms with Gasteiger partial charge in [-0.15, -0.1) is 0 Å². The highest BCUT2D eigenvalue weighted by molar-refractivity contribution is 6.60. The van der Waals surface area contributed by atoms with Crippen LogP contribution in [0.2, 0.25) is 0 Å². The number of nitrogens with one attached hydrogen (secondary N) is 1. The van der Waals surface area contributed by atoms with E-state index in [1.165, 1.54) is 23.2 Å². The molecular weight excluding hydrogens is 407 g/mol. The average Bonchev–Trinajstić information content (AvgIpc) is 2.70. The van der Waals surface area contributed by atoms with Crippen LogP contribution in [0.5, 0.6) is 0 Å². The predicted octanol–water partition coefficient (Wildman–Crippen LogP) is 2.41. The number of aryl methyl sites for hydroxylation is 2. The summed E-state index contributed by atoms with van der Waals surface area (Å²) in [6.45, 7) is 11.7. The lowest BCUT2D eigenvalue weighted by molar-refractivity contribution is 0.0285. The van der Waals surface area contributed by atoms with E-state index in [1.54, 1.807) is 12.1 Å². The van der Waals surface area contributed by atoms with Crippen molar-refractivity contribution >= 4 is 30.7 Å². The van der Waals surface area contributed by atoms with E-state index in [9.17, 15) is 24.4 Å². The molecule has 170 valence electrons. The van der Waals surface area contributed by atoms with E-state index >= 15 is 0 Å². The minimum atomic E-state index is -1.91. The fraction of sp³-hybridized carbons (Fsp3) is 0.375. The molecule has 2 amide bonds. The van der Waals surface area contributed by atoms with Crippen LogP contribution in [-0.4, -0.2) is 46.3 Å². The Hall–Kier alpha value is -2.97. The molecule has 0 saturated carbocycles. The summed E-state index contributed by atoms with van der Waals surface area (Å²) in [5, 5.41) is 20.5. The number of benzene rings is 2. The molecule has 0 fully saturated rings. The minimum Gasteiger partial charge on any atom is -0.423 e. The van der Waals surface area contributed by atoms with Crippen LogP contribution in [-0.2, 0) is 0 Å². The number of hydrogen-bond acceptors (Lipinski definition) is 5. The smallest absolute Gasteiger partial charge is 0.423 e. The SMILES string of the molecule is CC[C@@H](N(NC(=O)c1ccc(C=O)c(B(O)O)c1)C(=O)c1cc(C)cc(C)c1)C(C)(C)C. The molecule has 0 saturated heterocycles. The quantitative estimate of drug-likeness (QED) is 0.365. The molecule has 0 aliphatic rings. The van der Waals surface area contributed by atoms with Crippen molar-refractivity contribution in [3.8, 4) is 0 Å². The fourth-order valence-electron chi connectivity index (χ4n) is 3.91. The number of nitrogens with zero attached hydrogens (tertiary/aromatic N) is 1. The van der Waals surface area contributed by atoms with Gasteiger partial charge in [-0.25, -0.2) is 5.01 Å². The first-order chi connectivity index (χ1) is 14.9. The van der Waals surface area contributed by atoms with Gasteiger partial charge in [0.25, 0.3) is 11.8 Å². The van der Waals surface area contributed by atoms with Gasteiger partial charge in [0.05, 0.1) is 6.04 Å². The number of carbonyl (C=O) groups excluding carboxylic acids is 3. The maximum Gasteiger partial charge on any atom is 0.489 e. The Morgan fingerprint density at radius 2 is 1.66 bits per heavy atom. The second-order valence-electron chi connectivity index (χ2n) is 9.12. The number of rotatable bonds is 6. The molecule has 3 N–H and O–H groups in total. The number of carbonyl (C=O) groups is 3. The lowest BCUT2D eigenvalue weighted by Gasteiger charge is -2.39. The van der Waals surface area contributed by atoms with Crippen LogP contribution in [0.25, 0.3) is 0 Å². The Morgan fingerprint density at radius 3 is 2.12 bits per heavy atom. The first kappa shape index (κ1) is 25.3. The Bertz CT molecular complexity index is 994. The minimum absolute atomic E-state index is 0.0702. The molecule has 0 aliphatic carbocycles. The summed E-state index contributed by atoms with van der Waals surface area (Å²) in [6, 6.07) is 9.21. The van der Waals surface area contributed by atoms with E-state index in [2.05, 4.69) is 5.43 Å². The summed E-state index contributed by atoms with van der Waals surface area (Å²) >= 11 is 0. The third kappa shape index (κ3) is 5.84. The van der Waals surface area contributed by atoms with E-state index in [4.69, 9.17) is 0 Å². The van der Waals surface area contributed by atoms with Crippen molar-refractivity contribution in [2.24, 2.45) is 5.41 Å². The molecule has 7 nitrogen and oxygen atoms in total. The third-order valence-corrected chi connectivity index (χ3v) is 5.36. The summed E-state index contributed by atoms with van der Waals surface area (Å²) in [5.41, 5.74) is 4.83. The maximum atomic E-state index is 13.5. The number of hydrazine groups is 1. The molecule has 2 aromatic rings. The van der Waals surface area contributed by atoms with E-state index < -0.39 is 13.0 Å². The molecule has 0 heterocycles. The first-order valence-corrected chi connectivity index (χ1v) is 10.6. The molecule has 0 radical (unpaired) electrons. The van der Waals surface area contributed by atoms with Gasteiger partial charge in [-0.3, -0.25) is 19.8 Å². The topological polar surface area (TPSA) is 107 Å². The van der Waals surface area contributed by atoms with Crippen molar-refractivity contribution in [3.63, 3.8) is 0 Å². The largest absolute Gasteiger partial charge is 0.489 e. The van der Waals surface area contributed by atoms with Gasteiger partial charge >= 0.3 is 7.12 Å². The second-order valence-corrected chi connectivity index (χ2v) is 9.12. The van der Waals surface area contributed by atoms with Gasteiger partial charge in [0.1, 0.15) is 6.29 Å². The van der Waals surface area contributed by atoms with Crippen LogP contribution < -0.4 is 10.9 Å². The molecule has 2 rings (SSSR count). The fourth-order valence-corrected chi connectivity index (χ4v) is 3.91. The third-order valence-electron chi connectivity index (χ3n) is 5.36. The Kier molecular flexibility index (Phi) is 7.99. The zero-order valence-corrected chi connectivity index (χ0v) is 19.5. The number of amides is 2. The van der Waals surface area contributed by atoms with Crippen molar-refractivity contribution in [1.82, 2.24) is 10.4 Å². The van der Waals surface area contributed by atoms with Crippen LogP contribution in [0.3, 0.4) is 0 Å². The molecule has 0 bridgehead atoms. The van der Waals surface area contributed by atoms with Gasteiger partial charge in [0, 0.05) is 16.7 Å². The number of hydrogen-bond donors (Lipinski definition) is 3. The summed E-state index contributed by atoms with van der Waals surface area (Å²) in [4.78, 5) is 37.8. The highest BCUT2D eigenvalue weighted by atomic mass is 16.4.